The monoisotopic (exact) mass is 380 g/mol. The number of rotatable bonds is 11. The summed E-state index contributed by atoms with van der Waals surface area (Å²) in [6, 6.07) is 0. The minimum atomic E-state index is -0.599. The first-order chi connectivity index (χ1) is 12.7. The highest BCUT2D eigenvalue weighted by Gasteiger charge is 2.35. The summed E-state index contributed by atoms with van der Waals surface area (Å²) in [5, 5.41) is 10.9. The molecule has 2 rings (SSSR count). The van der Waals surface area contributed by atoms with Crippen molar-refractivity contribution in [2.75, 3.05) is 0 Å². The van der Waals surface area contributed by atoms with E-state index in [1.54, 1.807) is 0 Å². The molecule has 0 aromatic rings. The maximum Gasteiger partial charge on any atom is 0.335 e. The van der Waals surface area contributed by atoms with Gasteiger partial charge in [0.2, 0.25) is 0 Å². The molecule has 0 spiro atoms. The topological polar surface area (TPSA) is 37.3 Å². The quantitative estimate of drug-likeness (QED) is 0.225. The van der Waals surface area contributed by atoms with Crippen molar-refractivity contribution in [3.63, 3.8) is 0 Å². The predicted octanol–water partition coefficient (Wildman–Crippen LogP) is 7.85. The first kappa shape index (κ1) is 21.9. The number of allylic oxidation sites excluding steroid dienone is 1. The number of carbonyl (C=O) groups is 1. The van der Waals surface area contributed by atoms with Gasteiger partial charge in [0.15, 0.2) is 0 Å². The molecule has 0 atom stereocenters. The van der Waals surface area contributed by atoms with Crippen molar-refractivity contribution >= 4 is 13.9 Å². The van der Waals surface area contributed by atoms with Crippen LogP contribution < -0.4 is 0 Å². The number of hydrogen-bond acceptors (Lipinski definition) is 1. The van der Waals surface area contributed by atoms with Crippen LogP contribution in [-0.2, 0) is 4.79 Å². The maximum atomic E-state index is 12.2. The van der Waals surface area contributed by atoms with E-state index in [9.17, 15) is 9.90 Å². The van der Waals surface area contributed by atoms with Gasteiger partial charge in [0.1, 0.15) is 0 Å². The van der Waals surface area contributed by atoms with Crippen LogP contribution in [0.4, 0.5) is 0 Å². The summed E-state index contributed by atoms with van der Waals surface area (Å²) in [5.74, 6) is -0.599. The van der Waals surface area contributed by atoms with Crippen molar-refractivity contribution in [3.05, 3.63) is 11.4 Å². The van der Waals surface area contributed by atoms with Crippen molar-refractivity contribution in [2.45, 2.75) is 127 Å². The fourth-order valence-electron chi connectivity index (χ4n) is 4.88. The molecule has 3 heteroatoms. The molecule has 2 nitrogen and oxygen atoms in total. The van der Waals surface area contributed by atoms with Crippen LogP contribution in [0.15, 0.2) is 11.4 Å². The van der Waals surface area contributed by atoms with Gasteiger partial charge in [-0.3, -0.25) is 0 Å². The lowest BCUT2D eigenvalue weighted by Gasteiger charge is -2.38. The standard InChI is InChI=1S/C23H41O2P/c1-2-3-4-5-6-7-14-19-22(23(24)25)26(20-15-10-8-11-16-20)21-17-12-9-13-18-21/h19-21H,2-18H2,1H3,(H,24,25). The highest BCUT2D eigenvalue weighted by molar-refractivity contribution is 7.64. The average molecular weight is 381 g/mol. The molecule has 0 radical (unpaired) electrons. The Kier molecular flexibility index (Phi) is 10.9. The molecule has 0 aromatic heterocycles. The van der Waals surface area contributed by atoms with Crippen LogP contribution in [0.1, 0.15) is 116 Å². The highest BCUT2D eigenvalue weighted by Crippen LogP contribution is 2.61. The van der Waals surface area contributed by atoms with Gasteiger partial charge in [-0.15, -0.1) is 0 Å². The summed E-state index contributed by atoms with van der Waals surface area (Å²) < 4.78 is 0. The van der Waals surface area contributed by atoms with Crippen LogP contribution in [0.25, 0.3) is 0 Å². The van der Waals surface area contributed by atoms with Gasteiger partial charge in [-0.05, 0) is 49.8 Å². The fraction of sp³-hybridized carbons (Fsp3) is 0.870. The Morgan fingerprint density at radius 3 is 1.85 bits per heavy atom. The van der Waals surface area contributed by atoms with Crippen molar-refractivity contribution < 1.29 is 9.90 Å². The van der Waals surface area contributed by atoms with E-state index in [-0.39, 0.29) is 0 Å². The molecular weight excluding hydrogens is 339 g/mol. The molecule has 2 aliphatic carbocycles. The number of unbranched alkanes of at least 4 members (excludes halogenated alkanes) is 6. The molecule has 0 amide bonds. The smallest absolute Gasteiger partial charge is 0.335 e. The maximum absolute atomic E-state index is 12.2. The van der Waals surface area contributed by atoms with E-state index in [2.05, 4.69) is 13.0 Å². The normalized spacial score (nSPS) is 20.6. The Labute approximate surface area is 163 Å². The van der Waals surface area contributed by atoms with E-state index in [1.165, 1.54) is 103 Å². The molecule has 0 unspecified atom stereocenters. The van der Waals surface area contributed by atoms with E-state index in [0.717, 1.165) is 11.7 Å². The van der Waals surface area contributed by atoms with Crippen LogP contribution in [0, 0.1) is 0 Å². The molecule has 26 heavy (non-hydrogen) atoms. The van der Waals surface area contributed by atoms with Crippen LogP contribution in [0.5, 0.6) is 0 Å². The predicted molar refractivity (Wildman–Crippen MR) is 114 cm³/mol. The molecule has 2 aliphatic rings. The van der Waals surface area contributed by atoms with Gasteiger partial charge in [-0.1, -0.05) is 91.6 Å². The third-order valence-electron chi connectivity index (χ3n) is 6.33. The first-order valence-corrected chi connectivity index (χ1v) is 12.9. The molecule has 1 N–H and O–H groups in total. The van der Waals surface area contributed by atoms with Crippen molar-refractivity contribution in [1.29, 1.82) is 0 Å². The van der Waals surface area contributed by atoms with Crippen molar-refractivity contribution in [3.8, 4) is 0 Å². The van der Waals surface area contributed by atoms with E-state index < -0.39 is 13.9 Å². The van der Waals surface area contributed by atoms with Crippen LogP contribution in [0.2, 0.25) is 0 Å². The third-order valence-corrected chi connectivity index (χ3v) is 9.87. The van der Waals surface area contributed by atoms with Crippen LogP contribution in [-0.4, -0.2) is 22.4 Å². The van der Waals surface area contributed by atoms with Crippen molar-refractivity contribution in [1.82, 2.24) is 0 Å². The Balaban J connectivity index is 1.99. The second-order valence-electron chi connectivity index (χ2n) is 8.44. The van der Waals surface area contributed by atoms with Gasteiger partial charge in [-0.25, -0.2) is 4.79 Å². The van der Waals surface area contributed by atoms with E-state index in [0.29, 0.717) is 11.3 Å². The van der Waals surface area contributed by atoms with Gasteiger partial charge in [0.05, 0.1) is 5.31 Å². The zero-order valence-electron chi connectivity index (χ0n) is 17.1. The summed E-state index contributed by atoms with van der Waals surface area (Å²) in [6.07, 6.45) is 24.0. The summed E-state index contributed by atoms with van der Waals surface area (Å²) in [6.45, 7) is 2.25. The summed E-state index contributed by atoms with van der Waals surface area (Å²) in [5.41, 5.74) is 1.38. The second kappa shape index (κ2) is 12.9. The minimum Gasteiger partial charge on any atom is -0.478 e. The molecule has 0 bridgehead atoms. The minimum absolute atomic E-state index is 0.469. The lowest BCUT2D eigenvalue weighted by Crippen LogP contribution is -2.23. The number of carboxylic acids is 1. The van der Waals surface area contributed by atoms with Gasteiger partial charge in [0, 0.05) is 0 Å². The lowest BCUT2D eigenvalue weighted by molar-refractivity contribution is -0.131. The van der Waals surface area contributed by atoms with Crippen molar-refractivity contribution in [2.24, 2.45) is 0 Å². The second-order valence-corrected chi connectivity index (χ2v) is 11.2. The Morgan fingerprint density at radius 2 is 1.35 bits per heavy atom. The van der Waals surface area contributed by atoms with Crippen LogP contribution >= 0.6 is 7.92 Å². The molecular formula is C23H41O2P. The van der Waals surface area contributed by atoms with Gasteiger partial charge >= 0.3 is 5.97 Å². The largest absolute Gasteiger partial charge is 0.478 e. The first-order valence-electron chi connectivity index (χ1n) is 11.5. The third kappa shape index (κ3) is 7.34. The summed E-state index contributed by atoms with van der Waals surface area (Å²) in [4.78, 5) is 12.2. The molecule has 2 saturated carbocycles. The molecule has 0 heterocycles. The number of aliphatic carboxylic acids is 1. The number of carboxylic acid groups (broad SMARTS) is 1. The fourth-order valence-corrected chi connectivity index (χ4v) is 8.66. The Hall–Kier alpha value is -0.360. The lowest BCUT2D eigenvalue weighted by atomic mass is 9.99. The van der Waals surface area contributed by atoms with E-state index in [1.807, 2.05) is 0 Å². The molecule has 2 fully saturated rings. The van der Waals surface area contributed by atoms with Crippen LogP contribution in [0.3, 0.4) is 0 Å². The van der Waals surface area contributed by atoms with E-state index >= 15 is 0 Å². The van der Waals surface area contributed by atoms with Gasteiger partial charge < -0.3 is 5.11 Å². The average Bonchev–Trinajstić information content (AvgIpc) is 2.67. The Morgan fingerprint density at radius 1 is 0.846 bits per heavy atom. The summed E-state index contributed by atoms with van der Waals surface area (Å²) in [7, 11) is -0.469. The molecule has 0 saturated heterocycles. The Bertz CT molecular complexity index is 402. The molecule has 0 aromatic carbocycles. The molecule has 150 valence electrons. The molecule has 0 aliphatic heterocycles. The van der Waals surface area contributed by atoms with Gasteiger partial charge in [0.25, 0.3) is 0 Å². The van der Waals surface area contributed by atoms with Gasteiger partial charge in [-0.2, -0.15) is 0 Å². The highest BCUT2D eigenvalue weighted by atomic mass is 31.1. The zero-order valence-corrected chi connectivity index (χ0v) is 17.9. The zero-order chi connectivity index (χ0) is 18.6. The SMILES string of the molecule is CCCCCCCCC=C(C(=O)O)P(C1CCCCC1)C1CCCCC1. The van der Waals surface area contributed by atoms with E-state index in [4.69, 9.17) is 0 Å². The number of hydrogen-bond donors (Lipinski definition) is 1. The summed E-state index contributed by atoms with van der Waals surface area (Å²) >= 11 is 0.